The molecular weight excluding hydrogens is 224 g/mol. The van der Waals surface area contributed by atoms with Crippen LogP contribution < -0.4 is 10.6 Å². The van der Waals surface area contributed by atoms with Crippen molar-refractivity contribution in [2.24, 2.45) is 0 Å². The minimum Gasteiger partial charge on any atom is -0.359 e. The minimum absolute atomic E-state index is 0.00878. The summed E-state index contributed by atoms with van der Waals surface area (Å²) >= 11 is 0. The van der Waals surface area contributed by atoms with Gasteiger partial charge in [0.1, 0.15) is 0 Å². The third-order valence-corrected chi connectivity index (χ3v) is 2.26. The first-order valence-corrected chi connectivity index (χ1v) is 5.88. The van der Waals surface area contributed by atoms with Crippen molar-refractivity contribution in [1.29, 1.82) is 0 Å². The molecule has 7 nitrogen and oxygen atoms in total. The van der Waals surface area contributed by atoms with E-state index in [1.54, 1.807) is 0 Å². The lowest BCUT2D eigenvalue weighted by molar-refractivity contribution is -0.126. The van der Waals surface area contributed by atoms with Crippen LogP contribution in [0.15, 0.2) is 0 Å². The van der Waals surface area contributed by atoms with Crippen LogP contribution in [0.3, 0.4) is 0 Å². The van der Waals surface area contributed by atoms with E-state index in [-0.39, 0.29) is 25.3 Å². The lowest BCUT2D eigenvalue weighted by atomic mass is 10.3. The Bertz CT molecular complexity index is 324. The Labute approximate surface area is 88.0 Å². The van der Waals surface area contributed by atoms with Crippen LogP contribution >= 0.6 is 0 Å². The lowest BCUT2D eigenvalue weighted by Crippen LogP contribution is -2.30. The van der Waals surface area contributed by atoms with Crippen LogP contribution in [0.5, 0.6) is 0 Å². The summed E-state index contributed by atoms with van der Waals surface area (Å²) in [5.74, 6) is -1.22. The number of amides is 2. The predicted molar refractivity (Wildman–Crippen MR) is 52.7 cm³/mol. The van der Waals surface area contributed by atoms with Crippen LogP contribution in [0.4, 0.5) is 0 Å². The van der Waals surface area contributed by atoms with Crippen LogP contribution in [-0.2, 0) is 19.7 Å². The Kier molecular flexibility index (Phi) is 5.87. The Morgan fingerprint density at radius 3 is 2.20 bits per heavy atom. The van der Waals surface area contributed by atoms with Gasteiger partial charge in [-0.3, -0.25) is 14.1 Å². The van der Waals surface area contributed by atoms with Crippen LogP contribution in [0.1, 0.15) is 12.8 Å². The van der Waals surface area contributed by atoms with Gasteiger partial charge in [0.15, 0.2) is 0 Å². The fraction of sp³-hybridized carbons (Fsp3) is 0.714. The van der Waals surface area contributed by atoms with Crippen molar-refractivity contribution in [1.82, 2.24) is 10.6 Å². The van der Waals surface area contributed by atoms with E-state index in [2.05, 4.69) is 10.6 Å². The predicted octanol–water partition coefficient (Wildman–Crippen LogP) is -1.48. The van der Waals surface area contributed by atoms with Crippen molar-refractivity contribution in [2.45, 2.75) is 12.8 Å². The monoisotopic (exact) mass is 238 g/mol. The number of nitrogens with one attached hydrogen (secondary N) is 2. The quantitative estimate of drug-likeness (QED) is 0.488. The molecule has 0 unspecified atom stereocenters. The van der Waals surface area contributed by atoms with Gasteiger partial charge in [0.05, 0.1) is 5.75 Å². The molecule has 0 aromatic rings. The van der Waals surface area contributed by atoms with Crippen LogP contribution in [0.25, 0.3) is 0 Å². The molecule has 0 aliphatic carbocycles. The largest absolute Gasteiger partial charge is 0.359 e. The fourth-order valence-corrected chi connectivity index (χ4v) is 1.12. The smallest absolute Gasteiger partial charge is 0.266 e. The van der Waals surface area contributed by atoms with Gasteiger partial charge in [0, 0.05) is 26.4 Å². The molecule has 15 heavy (non-hydrogen) atoms. The van der Waals surface area contributed by atoms with Gasteiger partial charge < -0.3 is 10.6 Å². The maximum absolute atomic E-state index is 11.0. The van der Waals surface area contributed by atoms with Gasteiger partial charge in [0.2, 0.25) is 11.8 Å². The van der Waals surface area contributed by atoms with Crippen LogP contribution in [-0.4, -0.2) is 44.1 Å². The normalized spacial score (nSPS) is 10.8. The molecule has 0 aliphatic rings. The summed E-state index contributed by atoms with van der Waals surface area (Å²) in [6.45, 7) is -0.161. The molecule has 2 amide bonds. The maximum atomic E-state index is 11.0. The van der Waals surface area contributed by atoms with E-state index in [0.717, 1.165) is 0 Å². The molecule has 0 rings (SSSR count). The Morgan fingerprint density at radius 2 is 1.73 bits per heavy atom. The first-order chi connectivity index (χ1) is 6.85. The highest BCUT2D eigenvalue weighted by Crippen LogP contribution is 1.88. The summed E-state index contributed by atoms with van der Waals surface area (Å²) in [7, 11) is -2.59. The molecule has 0 aliphatic heterocycles. The Morgan fingerprint density at radius 1 is 1.20 bits per heavy atom. The highest BCUT2D eigenvalue weighted by Gasteiger charge is 2.07. The van der Waals surface area contributed by atoms with Crippen molar-refractivity contribution in [3.05, 3.63) is 0 Å². The summed E-state index contributed by atoms with van der Waals surface area (Å²) in [5.41, 5.74) is 0. The number of hydrogen-bond acceptors (Lipinski definition) is 4. The molecule has 0 heterocycles. The maximum Gasteiger partial charge on any atom is 0.266 e. The van der Waals surface area contributed by atoms with Gasteiger partial charge in [-0.15, -0.1) is 0 Å². The third-order valence-electron chi connectivity index (χ3n) is 1.54. The molecule has 88 valence electrons. The SMILES string of the molecule is CNC(=O)CCC(=O)NCCS(=O)(=O)O. The van der Waals surface area contributed by atoms with Gasteiger partial charge >= 0.3 is 0 Å². The zero-order valence-electron chi connectivity index (χ0n) is 8.32. The molecule has 0 bridgehead atoms. The zero-order valence-corrected chi connectivity index (χ0v) is 9.13. The summed E-state index contributed by atoms with van der Waals surface area (Å²) in [6.07, 6.45) is 0.0410. The fourth-order valence-electron chi connectivity index (χ4n) is 0.760. The highest BCUT2D eigenvalue weighted by molar-refractivity contribution is 7.85. The van der Waals surface area contributed by atoms with Crippen LogP contribution in [0.2, 0.25) is 0 Å². The Hall–Kier alpha value is -1.15. The second-order valence-corrected chi connectivity index (χ2v) is 4.38. The van der Waals surface area contributed by atoms with Crippen molar-refractivity contribution in [3.8, 4) is 0 Å². The molecule has 0 radical (unpaired) electrons. The Balaban J connectivity index is 3.63. The molecule has 0 aromatic carbocycles. The summed E-state index contributed by atoms with van der Waals surface area (Å²) in [4.78, 5) is 21.7. The number of carbonyl (C=O) groups excluding carboxylic acids is 2. The molecule has 0 saturated carbocycles. The lowest BCUT2D eigenvalue weighted by Gasteiger charge is -2.03. The average molecular weight is 238 g/mol. The molecule has 0 atom stereocenters. The second-order valence-electron chi connectivity index (χ2n) is 2.81. The van der Waals surface area contributed by atoms with Crippen molar-refractivity contribution < 1.29 is 22.6 Å². The molecular formula is C7H14N2O5S. The first kappa shape index (κ1) is 13.8. The van der Waals surface area contributed by atoms with Crippen molar-refractivity contribution >= 4 is 21.9 Å². The first-order valence-electron chi connectivity index (χ1n) is 4.27. The van der Waals surface area contributed by atoms with Gasteiger partial charge in [-0.05, 0) is 0 Å². The molecule has 0 spiro atoms. The van der Waals surface area contributed by atoms with Gasteiger partial charge in [0.25, 0.3) is 10.1 Å². The number of hydrogen-bond donors (Lipinski definition) is 3. The van der Waals surface area contributed by atoms with Gasteiger partial charge in [-0.1, -0.05) is 0 Å². The molecule has 0 saturated heterocycles. The average Bonchev–Trinajstić information content (AvgIpc) is 2.12. The van der Waals surface area contributed by atoms with E-state index < -0.39 is 21.8 Å². The third kappa shape index (κ3) is 9.16. The second kappa shape index (κ2) is 6.36. The van der Waals surface area contributed by atoms with E-state index in [4.69, 9.17) is 4.55 Å². The molecule has 8 heteroatoms. The van der Waals surface area contributed by atoms with E-state index in [9.17, 15) is 18.0 Å². The van der Waals surface area contributed by atoms with E-state index in [1.165, 1.54) is 7.05 Å². The standard InChI is InChI=1S/C7H14N2O5S/c1-8-6(10)2-3-7(11)9-4-5-15(12,13)14/h2-5H2,1H3,(H,8,10)(H,9,11)(H,12,13,14). The topological polar surface area (TPSA) is 113 Å². The van der Waals surface area contributed by atoms with Gasteiger partial charge in [-0.25, -0.2) is 0 Å². The van der Waals surface area contributed by atoms with Gasteiger partial charge in [-0.2, -0.15) is 8.42 Å². The molecule has 0 aromatic heterocycles. The van der Waals surface area contributed by atoms with E-state index in [1.807, 2.05) is 0 Å². The summed E-state index contributed by atoms with van der Waals surface area (Å²) < 4.78 is 28.9. The van der Waals surface area contributed by atoms with E-state index in [0.29, 0.717) is 0 Å². The summed E-state index contributed by atoms with van der Waals surface area (Å²) in [6, 6.07) is 0. The minimum atomic E-state index is -4.05. The summed E-state index contributed by atoms with van der Waals surface area (Å²) in [5, 5.41) is 4.61. The van der Waals surface area contributed by atoms with E-state index >= 15 is 0 Å². The van der Waals surface area contributed by atoms with Crippen molar-refractivity contribution in [2.75, 3.05) is 19.3 Å². The molecule has 3 N–H and O–H groups in total. The number of carbonyl (C=O) groups is 2. The van der Waals surface area contributed by atoms with Crippen molar-refractivity contribution in [3.63, 3.8) is 0 Å². The highest BCUT2D eigenvalue weighted by atomic mass is 32.2. The number of rotatable bonds is 6. The van der Waals surface area contributed by atoms with Crippen LogP contribution in [0, 0.1) is 0 Å². The zero-order chi connectivity index (χ0) is 11.9. The molecule has 0 fully saturated rings.